The van der Waals surface area contributed by atoms with Crippen molar-refractivity contribution in [2.24, 2.45) is 0 Å². The number of aromatic nitrogens is 3. The lowest BCUT2D eigenvalue weighted by Gasteiger charge is -2.10. The molecule has 3 aromatic rings. The molecule has 0 fully saturated rings. The summed E-state index contributed by atoms with van der Waals surface area (Å²) in [5.74, 6) is 6.27. The molecule has 132 valence electrons. The second-order valence-electron chi connectivity index (χ2n) is 5.21. The number of carbonyl (C=O) groups excluding carboxylic acids is 1. The van der Waals surface area contributed by atoms with Gasteiger partial charge in [0.2, 0.25) is 11.1 Å². The van der Waals surface area contributed by atoms with Crippen molar-refractivity contribution in [1.82, 2.24) is 14.9 Å². The first-order valence-electron chi connectivity index (χ1n) is 7.41. The summed E-state index contributed by atoms with van der Waals surface area (Å²) in [4.78, 5) is 12.4. The molecule has 0 aliphatic carbocycles. The fraction of sp³-hybridized carbons (Fsp3) is 0.125. The molecule has 0 unspecified atom stereocenters. The summed E-state index contributed by atoms with van der Waals surface area (Å²) in [5.41, 5.74) is 1.17. The van der Waals surface area contributed by atoms with E-state index in [2.05, 4.69) is 15.5 Å². The minimum Gasteiger partial charge on any atom is -0.335 e. The van der Waals surface area contributed by atoms with Gasteiger partial charge in [-0.15, -0.1) is 21.5 Å². The summed E-state index contributed by atoms with van der Waals surface area (Å²) in [6.07, 6.45) is 0. The summed E-state index contributed by atoms with van der Waals surface area (Å²) >= 11 is 8.47. The number of nitrogens with zero attached hydrogens (tertiary/aromatic N) is 4. The summed E-state index contributed by atoms with van der Waals surface area (Å²) in [6, 6.07) is 10.8. The van der Waals surface area contributed by atoms with E-state index < -0.39 is 5.25 Å². The van der Waals surface area contributed by atoms with Gasteiger partial charge in [-0.1, -0.05) is 35.5 Å². The third-order valence-corrected chi connectivity index (χ3v) is 5.54. The molecular weight excluding hydrogens is 392 g/mol. The van der Waals surface area contributed by atoms with E-state index >= 15 is 0 Å². The predicted octanol–water partition coefficient (Wildman–Crippen LogP) is 3.36. The predicted molar refractivity (Wildman–Crippen MR) is 104 cm³/mol. The lowest BCUT2D eigenvalue weighted by molar-refractivity contribution is -0.115. The number of nitrogens with one attached hydrogen (secondary N) is 1. The zero-order valence-electron chi connectivity index (χ0n) is 13.5. The van der Waals surface area contributed by atoms with E-state index in [0.717, 1.165) is 5.56 Å². The molecule has 3 N–H and O–H groups in total. The largest absolute Gasteiger partial charge is 0.335 e. The van der Waals surface area contributed by atoms with Crippen molar-refractivity contribution in [3.63, 3.8) is 0 Å². The Morgan fingerprint density at radius 2 is 2.27 bits per heavy atom. The molecule has 10 heteroatoms. The Hall–Kier alpha value is -2.54. The number of nitriles is 1. The molecule has 0 bridgehead atoms. The number of halogens is 1. The summed E-state index contributed by atoms with van der Waals surface area (Å²) in [5, 5.41) is 22.6. The van der Waals surface area contributed by atoms with Crippen LogP contribution in [0.15, 0.2) is 40.9 Å². The van der Waals surface area contributed by atoms with Gasteiger partial charge in [-0.05, 0) is 30.5 Å². The van der Waals surface area contributed by atoms with Crippen LogP contribution in [0.4, 0.5) is 5.00 Å². The van der Waals surface area contributed by atoms with Gasteiger partial charge in [0.1, 0.15) is 11.1 Å². The molecule has 2 aromatic heterocycles. The van der Waals surface area contributed by atoms with Gasteiger partial charge < -0.3 is 11.2 Å². The highest BCUT2D eigenvalue weighted by molar-refractivity contribution is 8.00. The molecule has 0 saturated heterocycles. The van der Waals surface area contributed by atoms with Gasteiger partial charge in [0.05, 0.1) is 10.8 Å². The lowest BCUT2D eigenvalue weighted by Crippen LogP contribution is -2.23. The van der Waals surface area contributed by atoms with Crippen molar-refractivity contribution >= 4 is 45.6 Å². The van der Waals surface area contributed by atoms with Crippen LogP contribution in [0.3, 0.4) is 0 Å². The monoisotopic (exact) mass is 404 g/mol. The minimum absolute atomic E-state index is 0.249. The molecule has 1 amide bonds. The Morgan fingerprint density at radius 1 is 1.46 bits per heavy atom. The third kappa shape index (κ3) is 3.83. The van der Waals surface area contributed by atoms with Crippen LogP contribution in [-0.4, -0.2) is 26.0 Å². The van der Waals surface area contributed by atoms with E-state index in [1.165, 1.54) is 27.8 Å². The number of thiophene rings is 1. The molecule has 0 spiro atoms. The molecule has 26 heavy (non-hydrogen) atoms. The van der Waals surface area contributed by atoms with Gasteiger partial charge >= 0.3 is 0 Å². The molecule has 0 radical (unpaired) electrons. The molecular formula is C16H13ClN6OS2. The maximum absolute atomic E-state index is 12.4. The second kappa shape index (κ2) is 7.78. The van der Waals surface area contributed by atoms with Crippen LogP contribution in [0, 0.1) is 11.3 Å². The van der Waals surface area contributed by atoms with E-state index in [1.807, 2.05) is 12.1 Å². The molecule has 1 atom stereocenters. The number of nitrogens with two attached hydrogens (primary N) is 1. The van der Waals surface area contributed by atoms with Gasteiger partial charge in [0, 0.05) is 10.6 Å². The normalized spacial score (nSPS) is 11.7. The molecule has 7 nitrogen and oxygen atoms in total. The number of hydrogen-bond donors (Lipinski definition) is 2. The summed E-state index contributed by atoms with van der Waals surface area (Å²) in [6.45, 7) is 1.73. The Labute approximate surface area is 162 Å². The first-order valence-corrected chi connectivity index (χ1v) is 9.55. The smallest absolute Gasteiger partial charge is 0.238 e. The SMILES string of the molecule is C[C@H](Sc1nnc(-c2cccc(Cl)c2)n1N)C(=O)Nc1sccc1C#N. The number of thioether (sulfide) groups is 1. The van der Waals surface area contributed by atoms with Crippen LogP contribution in [-0.2, 0) is 4.79 Å². The van der Waals surface area contributed by atoms with Gasteiger partial charge in [0.25, 0.3) is 0 Å². The van der Waals surface area contributed by atoms with Gasteiger partial charge in [0.15, 0.2) is 5.82 Å². The van der Waals surface area contributed by atoms with Crippen LogP contribution >= 0.6 is 34.7 Å². The van der Waals surface area contributed by atoms with E-state index in [1.54, 1.807) is 36.6 Å². The van der Waals surface area contributed by atoms with Crippen LogP contribution in [0.1, 0.15) is 12.5 Å². The topological polar surface area (TPSA) is 110 Å². The van der Waals surface area contributed by atoms with Gasteiger partial charge in [-0.2, -0.15) is 5.26 Å². The van der Waals surface area contributed by atoms with E-state index in [-0.39, 0.29) is 5.91 Å². The maximum atomic E-state index is 12.4. The Morgan fingerprint density at radius 3 is 3.00 bits per heavy atom. The van der Waals surface area contributed by atoms with Gasteiger partial charge in [-0.25, -0.2) is 4.68 Å². The van der Waals surface area contributed by atoms with E-state index in [4.69, 9.17) is 22.7 Å². The molecule has 2 heterocycles. The number of nitrogen functional groups attached to an aromatic ring is 1. The molecule has 0 saturated carbocycles. The zero-order valence-corrected chi connectivity index (χ0v) is 15.9. The number of anilines is 1. The Bertz CT molecular complexity index is 993. The fourth-order valence-corrected chi connectivity index (χ4v) is 3.80. The van der Waals surface area contributed by atoms with Crippen LogP contribution < -0.4 is 11.2 Å². The maximum Gasteiger partial charge on any atom is 0.238 e. The highest BCUT2D eigenvalue weighted by Gasteiger charge is 2.21. The third-order valence-electron chi connectivity index (χ3n) is 3.42. The average molecular weight is 405 g/mol. The molecule has 3 rings (SSSR count). The van der Waals surface area contributed by atoms with Gasteiger partial charge in [-0.3, -0.25) is 4.79 Å². The summed E-state index contributed by atoms with van der Waals surface area (Å²) in [7, 11) is 0. The van der Waals surface area contributed by atoms with E-state index in [0.29, 0.717) is 26.6 Å². The Balaban J connectivity index is 1.73. The number of hydrogen-bond acceptors (Lipinski definition) is 7. The van der Waals surface area contributed by atoms with E-state index in [9.17, 15) is 4.79 Å². The average Bonchev–Trinajstić information content (AvgIpc) is 3.21. The second-order valence-corrected chi connectivity index (χ2v) is 7.87. The number of amides is 1. The van der Waals surface area contributed by atoms with Crippen molar-refractivity contribution in [2.45, 2.75) is 17.3 Å². The highest BCUT2D eigenvalue weighted by atomic mass is 35.5. The lowest BCUT2D eigenvalue weighted by atomic mass is 10.2. The molecule has 0 aliphatic heterocycles. The number of carbonyl (C=O) groups is 1. The highest BCUT2D eigenvalue weighted by Crippen LogP contribution is 2.28. The quantitative estimate of drug-likeness (QED) is 0.498. The Kier molecular flexibility index (Phi) is 5.46. The molecule has 0 aliphatic rings. The van der Waals surface area contributed by atoms with Crippen LogP contribution in [0.2, 0.25) is 5.02 Å². The van der Waals surface area contributed by atoms with Crippen molar-refractivity contribution < 1.29 is 4.79 Å². The van der Waals surface area contributed by atoms with Crippen LogP contribution in [0.5, 0.6) is 0 Å². The van der Waals surface area contributed by atoms with Crippen LogP contribution in [0.25, 0.3) is 11.4 Å². The van der Waals surface area contributed by atoms with Crippen molar-refractivity contribution in [3.05, 3.63) is 46.3 Å². The van der Waals surface area contributed by atoms with Crippen molar-refractivity contribution in [3.8, 4) is 17.5 Å². The van der Waals surface area contributed by atoms with Crippen molar-refractivity contribution in [1.29, 1.82) is 5.26 Å². The zero-order chi connectivity index (χ0) is 18.7. The minimum atomic E-state index is -0.484. The standard InChI is InChI=1S/C16H13ClN6OS2/c1-9(14(24)20-15-11(8-18)5-6-25-15)26-16-22-21-13(23(16)19)10-3-2-4-12(17)7-10/h2-7,9H,19H2,1H3,(H,20,24)/t9-/m0/s1. The fourth-order valence-electron chi connectivity index (χ4n) is 2.10. The summed E-state index contributed by atoms with van der Waals surface area (Å²) < 4.78 is 1.33. The number of rotatable bonds is 5. The van der Waals surface area contributed by atoms with Crippen molar-refractivity contribution in [2.75, 3.05) is 11.2 Å². The molecule has 1 aromatic carbocycles. The first kappa shape index (κ1) is 18.3. The number of benzene rings is 1. The first-order chi connectivity index (χ1) is 12.5.